The normalized spacial score (nSPS) is 12.2. The van der Waals surface area contributed by atoms with Crippen molar-refractivity contribution in [3.8, 4) is 5.69 Å². The van der Waals surface area contributed by atoms with E-state index < -0.39 is 0 Å². The zero-order valence-corrected chi connectivity index (χ0v) is 12.7. The molecule has 20 heavy (non-hydrogen) atoms. The van der Waals surface area contributed by atoms with Gasteiger partial charge in [-0.1, -0.05) is 6.92 Å². The van der Waals surface area contributed by atoms with Gasteiger partial charge in [0.1, 0.15) is 0 Å². The number of hydrogen-bond acceptors (Lipinski definition) is 4. The van der Waals surface area contributed by atoms with Crippen molar-refractivity contribution in [1.29, 1.82) is 0 Å². The Morgan fingerprint density at radius 1 is 1.55 bits per heavy atom. The zero-order chi connectivity index (χ0) is 14.7. The standard InChI is InChI=1S/C14H18N4OS/c1-10(9-20)14(19)17(3)13-8-18(16-11(13)2)12-5-4-6-15-7-12/h4-8,10,20H,9H2,1-3H3. The van der Waals surface area contributed by atoms with E-state index in [1.165, 1.54) is 0 Å². The molecule has 2 rings (SSSR count). The first-order chi connectivity index (χ1) is 9.54. The van der Waals surface area contributed by atoms with Crippen LogP contribution < -0.4 is 4.90 Å². The number of aromatic nitrogens is 3. The van der Waals surface area contributed by atoms with Crippen molar-refractivity contribution in [3.05, 3.63) is 36.4 Å². The average molecular weight is 290 g/mol. The van der Waals surface area contributed by atoms with Crippen molar-refractivity contribution >= 4 is 24.2 Å². The summed E-state index contributed by atoms with van der Waals surface area (Å²) in [6.07, 6.45) is 5.29. The molecular weight excluding hydrogens is 272 g/mol. The largest absolute Gasteiger partial charge is 0.312 e. The Balaban J connectivity index is 2.30. The van der Waals surface area contributed by atoms with Gasteiger partial charge >= 0.3 is 0 Å². The summed E-state index contributed by atoms with van der Waals surface area (Å²) in [6.45, 7) is 3.75. The molecule has 0 saturated carbocycles. The molecule has 1 atom stereocenters. The summed E-state index contributed by atoms with van der Waals surface area (Å²) >= 11 is 4.17. The lowest BCUT2D eigenvalue weighted by molar-refractivity contribution is -0.120. The lowest BCUT2D eigenvalue weighted by Crippen LogP contribution is -2.32. The Labute approximate surface area is 124 Å². The van der Waals surface area contributed by atoms with Crippen LogP contribution in [-0.2, 0) is 4.79 Å². The van der Waals surface area contributed by atoms with E-state index in [4.69, 9.17) is 0 Å². The summed E-state index contributed by atoms with van der Waals surface area (Å²) < 4.78 is 1.73. The van der Waals surface area contributed by atoms with Crippen LogP contribution in [0.25, 0.3) is 5.69 Å². The van der Waals surface area contributed by atoms with Gasteiger partial charge in [0.15, 0.2) is 0 Å². The number of carbonyl (C=O) groups excluding carboxylic acids is 1. The van der Waals surface area contributed by atoms with E-state index in [1.807, 2.05) is 32.2 Å². The van der Waals surface area contributed by atoms with Crippen molar-refractivity contribution in [2.45, 2.75) is 13.8 Å². The Bertz CT molecular complexity index is 596. The second-order valence-electron chi connectivity index (χ2n) is 4.74. The minimum atomic E-state index is -0.121. The molecule has 5 nitrogen and oxygen atoms in total. The highest BCUT2D eigenvalue weighted by Crippen LogP contribution is 2.21. The highest BCUT2D eigenvalue weighted by atomic mass is 32.1. The Morgan fingerprint density at radius 2 is 2.30 bits per heavy atom. The van der Waals surface area contributed by atoms with E-state index >= 15 is 0 Å². The third kappa shape index (κ3) is 2.85. The summed E-state index contributed by atoms with van der Waals surface area (Å²) in [6, 6.07) is 3.77. The van der Waals surface area contributed by atoms with Crippen LogP contribution in [0, 0.1) is 12.8 Å². The number of carbonyl (C=O) groups is 1. The van der Waals surface area contributed by atoms with Crippen LogP contribution in [0.3, 0.4) is 0 Å². The first-order valence-electron chi connectivity index (χ1n) is 6.39. The van der Waals surface area contributed by atoms with Gasteiger partial charge in [0.2, 0.25) is 5.91 Å². The van der Waals surface area contributed by atoms with E-state index in [1.54, 1.807) is 29.0 Å². The quantitative estimate of drug-likeness (QED) is 0.877. The maximum absolute atomic E-state index is 12.2. The van der Waals surface area contributed by atoms with E-state index in [9.17, 15) is 4.79 Å². The van der Waals surface area contributed by atoms with E-state index in [0.717, 1.165) is 17.1 Å². The molecule has 2 aromatic heterocycles. The van der Waals surface area contributed by atoms with Crippen LogP contribution in [0.1, 0.15) is 12.6 Å². The molecule has 0 radical (unpaired) electrons. The molecule has 2 heterocycles. The van der Waals surface area contributed by atoms with Gasteiger partial charge in [-0.2, -0.15) is 17.7 Å². The molecule has 106 valence electrons. The van der Waals surface area contributed by atoms with Crippen LogP contribution in [0.5, 0.6) is 0 Å². The highest BCUT2D eigenvalue weighted by Gasteiger charge is 2.20. The molecule has 1 unspecified atom stereocenters. The smallest absolute Gasteiger partial charge is 0.230 e. The molecule has 0 N–H and O–H groups in total. The number of anilines is 1. The topological polar surface area (TPSA) is 51.0 Å². The van der Waals surface area contributed by atoms with Crippen molar-refractivity contribution in [3.63, 3.8) is 0 Å². The van der Waals surface area contributed by atoms with Crippen molar-refractivity contribution in [2.75, 3.05) is 17.7 Å². The van der Waals surface area contributed by atoms with Gasteiger partial charge in [-0.05, 0) is 19.1 Å². The highest BCUT2D eigenvalue weighted by molar-refractivity contribution is 7.80. The fourth-order valence-electron chi connectivity index (χ4n) is 1.93. The number of rotatable bonds is 4. The van der Waals surface area contributed by atoms with Gasteiger partial charge in [-0.25, -0.2) is 4.68 Å². The van der Waals surface area contributed by atoms with Crippen molar-refractivity contribution in [2.24, 2.45) is 5.92 Å². The zero-order valence-electron chi connectivity index (χ0n) is 11.8. The molecule has 1 amide bonds. The first kappa shape index (κ1) is 14.6. The second kappa shape index (κ2) is 6.09. The average Bonchev–Trinajstić information content (AvgIpc) is 2.87. The monoisotopic (exact) mass is 290 g/mol. The van der Waals surface area contributed by atoms with E-state index in [0.29, 0.717) is 5.75 Å². The molecular formula is C14H18N4OS. The minimum absolute atomic E-state index is 0.0360. The SMILES string of the molecule is Cc1nn(-c2cccnc2)cc1N(C)C(=O)C(C)CS. The molecule has 0 bridgehead atoms. The Morgan fingerprint density at radius 3 is 2.90 bits per heavy atom. The van der Waals surface area contributed by atoms with Crippen LogP contribution in [0.15, 0.2) is 30.7 Å². The van der Waals surface area contributed by atoms with Gasteiger partial charge < -0.3 is 4.90 Å². The summed E-state index contributed by atoms with van der Waals surface area (Å²) in [4.78, 5) is 17.9. The second-order valence-corrected chi connectivity index (χ2v) is 5.10. The third-order valence-corrected chi connectivity index (χ3v) is 3.72. The molecule has 0 fully saturated rings. The van der Waals surface area contributed by atoms with Gasteiger partial charge in [0, 0.05) is 24.9 Å². The number of amides is 1. The fraction of sp³-hybridized carbons (Fsp3) is 0.357. The van der Waals surface area contributed by atoms with Crippen molar-refractivity contribution in [1.82, 2.24) is 14.8 Å². The molecule has 6 heteroatoms. The number of thiol groups is 1. The van der Waals surface area contributed by atoms with Gasteiger partial charge in [0.05, 0.1) is 29.5 Å². The molecule has 0 aromatic carbocycles. The molecule has 0 saturated heterocycles. The number of pyridine rings is 1. The summed E-state index contributed by atoms with van der Waals surface area (Å²) in [5.74, 6) is 0.442. The van der Waals surface area contributed by atoms with E-state index in [-0.39, 0.29) is 11.8 Å². The summed E-state index contributed by atoms with van der Waals surface area (Å²) in [5.41, 5.74) is 2.47. The Kier molecular flexibility index (Phi) is 4.44. The molecule has 0 spiro atoms. The number of nitrogens with zero attached hydrogens (tertiary/aromatic N) is 4. The van der Waals surface area contributed by atoms with Crippen LogP contribution in [0.4, 0.5) is 5.69 Å². The van der Waals surface area contributed by atoms with Crippen LogP contribution in [0.2, 0.25) is 0 Å². The molecule has 0 aliphatic carbocycles. The molecule has 2 aromatic rings. The summed E-state index contributed by atoms with van der Waals surface area (Å²) in [7, 11) is 1.76. The van der Waals surface area contributed by atoms with Crippen molar-refractivity contribution < 1.29 is 4.79 Å². The lowest BCUT2D eigenvalue weighted by Gasteiger charge is -2.19. The van der Waals surface area contributed by atoms with Crippen LogP contribution in [-0.4, -0.2) is 33.5 Å². The maximum atomic E-state index is 12.2. The number of hydrogen-bond donors (Lipinski definition) is 1. The maximum Gasteiger partial charge on any atom is 0.230 e. The molecule has 0 aliphatic rings. The van der Waals surface area contributed by atoms with Gasteiger partial charge in [-0.3, -0.25) is 9.78 Å². The predicted molar refractivity (Wildman–Crippen MR) is 82.5 cm³/mol. The third-order valence-electron chi connectivity index (χ3n) is 3.17. The van der Waals surface area contributed by atoms with Crippen LogP contribution >= 0.6 is 12.6 Å². The lowest BCUT2D eigenvalue weighted by atomic mass is 10.2. The first-order valence-corrected chi connectivity index (χ1v) is 7.03. The summed E-state index contributed by atoms with van der Waals surface area (Å²) in [5, 5.41) is 4.43. The number of aryl methyl sites for hydroxylation is 1. The predicted octanol–water partition coefficient (Wildman–Crippen LogP) is 2.10. The fourth-order valence-corrected chi connectivity index (χ4v) is 2.09. The van der Waals surface area contributed by atoms with E-state index in [2.05, 4.69) is 22.7 Å². The minimum Gasteiger partial charge on any atom is -0.312 e. The van der Waals surface area contributed by atoms with Gasteiger partial charge in [0.25, 0.3) is 0 Å². The molecule has 0 aliphatic heterocycles. The Hall–Kier alpha value is -1.82. The van der Waals surface area contributed by atoms with Gasteiger partial charge in [-0.15, -0.1) is 0 Å².